The molecule has 0 aliphatic rings. The van der Waals surface area contributed by atoms with E-state index in [0.717, 1.165) is 102 Å². The van der Waals surface area contributed by atoms with Crippen LogP contribution in [-0.4, -0.2) is 96.7 Å². The van der Waals surface area contributed by atoms with Gasteiger partial charge >= 0.3 is 39.5 Å². The molecule has 0 bridgehead atoms. The lowest BCUT2D eigenvalue weighted by Gasteiger charge is -2.21. The van der Waals surface area contributed by atoms with Gasteiger partial charge in [-0.05, 0) is 37.5 Å². The standard InChI is InChI=1S/C74H144O17P2/c1-7-9-11-13-15-17-19-21-22-26-29-33-37-44-50-56-71(76)84-62-69(90-73(78)59-53-47-39-35-31-27-23-25-28-32-36-42-48-54-66(3)4)64-88-92(80,81)86-60-68(75)61-87-93(82,83)89-65-70(63-85-72(77)57-51-45-41-40-43-49-55-67(5)6)91-74(79)58-52-46-38-34-30-24-20-18-16-14-12-10-8-2/h66-70,75H,7-65H2,1-6H3,(H,80,81)(H,82,83)/t68-,69-,70-/m1/s1. The number of carbonyl (C=O) groups excluding carboxylic acids is 4. The smallest absolute Gasteiger partial charge is 0.462 e. The van der Waals surface area contributed by atoms with E-state index in [1.807, 2.05) is 0 Å². The van der Waals surface area contributed by atoms with Crippen molar-refractivity contribution in [3.63, 3.8) is 0 Å². The van der Waals surface area contributed by atoms with Gasteiger partial charge in [-0.2, -0.15) is 0 Å². The van der Waals surface area contributed by atoms with Gasteiger partial charge < -0.3 is 33.8 Å². The zero-order valence-corrected chi connectivity index (χ0v) is 62.3. The van der Waals surface area contributed by atoms with E-state index in [0.29, 0.717) is 31.6 Å². The first-order valence-corrected chi connectivity index (χ1v) is 41.5. The molecule has 0 saturated heterocycles. The summed E-state index contributed by atoms with van der Waals surface area (Å²) in [5.74, 6) is -0.652. The maximum atomic E-state index is 13.1. The molecule has 0 rings (SSSR count). The third-order valence-electron chi connectivity index (χ3n) is 17.2. The Morgan fingerprint density at radius 1 is 0.290 bits per heavy atom. The predicted molar refractivity (Wildman–Crippen MR) is 377 cm³/mol. The second-order valence-corrected chi connectivity index (χ2v) is 30.5. The van der Waals surface area contributed by atoms with Crippen LogP contribution in [0, 0.1) is 11.8 Å². The summed E-state index contributed by atoms with van der Waals surface area (Å²) in [6.07, 6.45) is 52.7. The van der Waals surface area contributed by atoms with E-state index in [1.54, 1.807) is 0 Å². The molecule has 93 heavy (non-hydrogen) atoms. The molecule has 17 nitrogen and oxygen atoms in total. The SMILES string of the molecule is CCCCCCCCCCCCCCCCCC(=O)OC[C@H](COP(=O)(O)OC[C@@H](O)COP(=O)(O)OC[C@@H](COC(=O)CCCCCCCCC(C)C)OC(=O)CCCCCCCCCCCCCCC)OC(=O)CCCCCCCCCCCCCCCC(C)C. The Bertz CT molecular complexity index is 1800. The van der Waals surface area contributed by atoms with Crippen molar-refractivity contribution < 1.29 is 80.2 Å². The number of phosphoric ester groups is 2. The van der Waals surface area contributed by atoms with Gasteiger partial charge in [0, 0.05) is 25.7 Å². The summed E-state index contributed by atoms with van der Waals surface area (Å²) >= 11 is 0. The number of rotatable bonds is 73. The minimum absolute atomic E-state index is 0.107. The third kappa shape index (κ3) is 68.4. The highest BCUT2D eigenvalue weighted by atomic mass is 31.2. The van der Waals surface area contributed by atoms with Crippen LogP contribution < -0.4 is 0 Å². The molecule has 5 atom stereocenters. The highest BCUT2D eigenvalue weighted by molar-refractivity contribution is 7.47. The molecule has 0 amide bonds. The molecule has 0 aromatic heterocycles. The first-order chi connectivity index (χ1) is 44.9. The quantitative estimate of drug-likeness (QED) is 0.0222. The van der Waals surface area contributed by atoms with Crippen molar-refractivity contribution in [1.82, 2.24) is 0 Å². The zero-order valence-electron chi connectivity index (χ0n) is 60.6. The molecule has 0 heterocycles. The van der Waals surface area contributed by atoms with Gasteiger partial charge in [0.2, 0.25) is 0 Å². The van der Waals surface area contributed by atoms with Crippen molar-refractivity contribution in [3.05, 3.63) is 0 Å². The molecule has 0 aliphatic carbocycles. The number of ether oxygens (including phenoxy) is 4. The van der Waals surface area contributed by atoms with E-state index in [2.05, 4.69) is 41.5 Å². The molecular formula is C74H144O17P2. The first-order valence-electron chi connectivity index (χ1n) is 38.5. The Hall–Kier alpha value is -1.94. The monoisotopic (exact) mass is 1370 g/mol. The average molecular weight is 1370 g/mol. The lowest BCUT2D eigenvalue weighted by molar-refractivity contribution is -0.161. The second kappa shape index (κ2) is 66.0. The fourth-order valence-corrected chi connectivity index (χ4v) is 12.9. The Kier molecular flexibility index (Phi) is 64.6. The number of unbranched alkanes of at least 4 members (excludes halogenated alkanes) is 43. The van der Waals surface area contributed by atoms with Crippen LogP contribution in [0.2, 0.25) is 0 Å². The van der Waals surface area contributed by atoms with Gasteiger partial charge in [-0.1, -0.05) is 330 Å². The van der Waals surface area contributed by atoms with Gasteiger partial charge in [0.1, 0.15) is 19.3 Å². The number of aliphatic hydroxyl groups is 1. The maximum Gasteiger partial charge on any atom is 0.472 e. The summed E-state index contributed by atoms with van der Waals surface area (Å²) in [5, 5.41) is 10.6. The van der Waals surface area contributed by atoms with E-state index in [1.165, 1.54) is 193 Å². The van der Waals surface area contributed by atoms with Gasteiger partial charge in [-0.15, -0.1) is 0 Å². The van der Waals surface area contributed by atoms with E-state index < -0.39 is 97.5 Å². The summed E-state index contributed by atoms with van der Waals surface area (Å²) in [6.45, 7) is 9.52. The van der Waals surface area contributed by atoms with Crippen LogP contribution in [0.1, 0.15) is 382 Å². The summed E-state index contributed by atoms with van der Waals surface area (Å²) < 4.78 is 68.4. The predicted octanol–water partition coefficient (Wildman–Crippen LogP) is 21.6. The van der Waals surface area contributed by atoms with Crippen LogP contribution in [0.3, 0.4) is 0 Å². The third-order valence-corrected chi connectivity index (χ3v) is 19.1. The number of carbonyl (C=O) groups is 4. The number of esters is 4. The molecule has 3 N–H and O–H groups in total. The fourth-order valence-electron chi connectivity index (χ4n) is 11.3. The van der Waals surface area contributed by atoms with Gasteiger partial charge in [-0.25, -0.2) is 9.13 Å². The molecule has 0 aromatic carbocycles. The van der Waals surface area contributed by atoms with E-state index in [4.69, 9.17) is 37.0 Å². The minimum Gasteiger partial charge on any atom is -0.462 e. The maximum absolute atomic E-state index is 13.1. The van der Waals surface area contributed by atoms with Crippen molar-refractivity contribution in [1.29, 1.82) is 0 Å². The van der Waals surface area contributed by atoms with Crippen LogP contribution in [0.15, 0.2) is 0 Å². The summed E-state index contributed by atoms with van der Waals surface area (Å²) in [7, 11) is -9.91. The second-order valence-electron chi connectivity index (χ2n) is 27.6. The largest absolute Gasteiger partial charge is 0.472 e. The molecule has 552 valence electrons. The van der Waals surface area contributed by atoms with E-state index in [9.17, 15) is 43.2 Å². The zero-order chi connectivity index (χ0) is 68.6. The molecule has 0 saturated carbocycles. The number of hydrogen-bond acceptors (Lipinski definition) is 15. The molecule has 0 spiro atoms. The Morgan fingerprint density at radius 2 is 0.495 bits per heavy atom. The van der Waals surface area contributed by atoms with Crippen LogP contribution >= 0.6 is 15.6 Å². The van der Waals surface area contributed by atoms with Gasteiger partial charge in [0.05, 0.1) is 26.4 Å². The molecule has 0 fully saturated rings. The fraction of sp³-hybridized carbons (Fsp3) is 0.946. The summed E-state index contributed by atoms with van der Waals surface area (Å²) in [5.41, 5.74) is 0. The molecule has 2 unspecified atom stereocenters. The highest BCUT2D eigenvalue weighted by Gasteiger charge is 2.30. The van der Waals surface area contributed by atoms with Crippen molar-refractivity contribution >= 4 is 39.5 Å². The molecule has 0 aromatic rings. The van der Waals surface area contributed by atoms with Crippen molar-refractivity contribution in [3.8, 4) is 0 Å². The summed E-state index contributed by atoms with van der Waals surface area (Å²) in [6, 6.07) is 0. The van der Waals surface area contributed by atoms with Crippen LogP contribution in [-0.2, 0) is 65.4 Å². The van der Waals surface area contributed by atoms with E-state index in [-0.39, 0.29) is 25.7 Å². The Morgan fingerprint density at radius 3 is 0.731 bits per heavy atom. The van der Waals surface area contributed by atoms with Gasteiger partial charge in [0.25, 0.3) is 0 Å². The molecule has 0 aliphatic heterocycles. The number of aliphatic hydroxyl groups excluding tert-OH is 1. The average Bonchev–Trinajstić information content (AvgIpc) is 3.41. The molecular weight excluding hydrogens is 1220 g/mol. The minimum atomic E-state index is -4.96. The Labute approximate surface area is 568 Å². The van der Waals surface area contributed by atoms with E-state index >= 15 is 0 Å². The topological polar surface area (TPSA) is 237 Å². The van der Waals surface area contributed by atoms with Gasteiger partial charge in [-0.3, -0.25) is 37.3 Å². The normalized spacial score (nSPS) is 14.1. The lowest BCUT2D eigenvalue weighted by Crippen LogP contribution is -2.30. The first kappa shape index (κ1) is 91.1. The van der Waals surface area contributed by atoms with Crippen molar-refractivity contribution in [2.45, 2.75) is 400 Å². The van der Waals surface area contributed by atoms with Crippen molar-refractivity contribution in [2.75, 3.05) is 39.6 Å². The van der Waals surface area contributed by atoms with Crippen LogP contribution in [0.25, 0.3) is 0 Å². The van der Waals surface area contributed by atoms with Crippen LogP contribution in [0.4, 0.5) is 0 Å². The van der Waals surface area contributed by atoms with Crippen LogP contribution in [0.5, 0.6) is 0 Å². The van der Waals surface area contributed by atoms with Crippen molar-refractivity contribution in [2.24, 2.45) is 11.8 Å². The highest BCUT2D eigenvalue weighted by Crippen LogP contribution is 2.45. The molecule has 0 radical (unpaired) electrons. The lowest BCUT2D eigenvalue weighted by atomic mass is 10.0. The Balaban J connectivity index is 5.24. The molecule has 19 heteroatoms. The number of hydrogen-bond donors (Lipinski definition) is 3. The number of phosphoric acid groups is 2. The summed E-state index contributed by atoms with van der Waals surface area (Å²) in [4.78, 5) is 72.7. The van der Waals surface area contributed by atoms with Gasteiger partial charge in [0.15, 0.2) is 12.2 Å².